The Bertz CT molecular complexity index is 240. The fourth-order valence-corrected chi connectivity index (χ4v) is 1.00. The number of rotatable bonds is 6. The van der Waals surface area contributed by atoms with Crippen molar-refractivity contribution in [1.29, 1.82) is 0 Å². The van der Waals surface area contributed by atoms with E-state index in [1.807, 2.05) is 0 Å². The highest BCUT2D eigenvalue weighted by atomic mass is 35.5. The van der Waals surface area contributed by atoms with E-state index in [4.69, 9.17) is 21.1 Å². The molecule has 15 heavy (non-hydrogen) atoms. The molecule has 0 radical (unpaired) electrons. The lowest BCUT2D eigenvalue weighted by molar-refractivity contribution is -0.162. The van der Waals surface area contributed by atoms with Crippen LogP contribution in [-0.2, 0) is 19.1 Å². The highest BCUT2D eigenvalue weighted by Gasteiger charge is 2.28. The summed E-state index contributed by atoms with van der Waals surface area (Å²) >= 11 is 5.53. The number of hydrogen-bond acceptors (Lipinski definition) is 4. The Balaban J connectivity index is 4.33. The molecule has 4 nitrogen and oxygen atoms in total. The van der Waals surface area contributed by atoms with Crippen molar-refractivity contribution < 1.29 is 19.1 Å². The number of carbonyl (C=O) groups excluding carboxylic acids is 2. The number of halogens is 1. The normalized spacial score (nSPS) is 13.8. The molecule has 0 rings (SSSR count). The summed E-state index contributed by atoms with van der Waals surface area (Å²) in [5.41, 5.74) is -0.916. The summed E-state index contributed by atoms with van der Waals surface area (Å²) in [5, 5.41) is 0. The van der Waals surface area contributed by atoms with Crippen molar-refractivity contribution >= 4 is 23.5 Å². The number of alkyl halides is 1. The zero-order valence-electron chi connectivity index (χ0n) is 8.86. The average molecular weight is 235 g/mol. The van der Waals surface area contributed by atoms with Crippen LogP contribution in [0.15, 0.2) is 12.7 Å². The van der Waals surface area contributed by atoms with Gasteiger partial charge in [-0.25, -0.2) is 0 Å². The van der Waals surface area contributed by atoms with Gasteiger partial charge in [-0.2, -0.15) is 0 Å². The lowest BCUT2D eigenvalue weighted by atomic mass is 10.1. The molecule has 0 aliphatic carbocycles. The van der Waals surface area contributed by atoms with Gasteiger partial charge >= 0.3 is 11.9 Å². The molecule has 0 spiro atoms. The first kappa shape index (κ1) is 14.0. The van der Waals surface area contributed by atoms with Crippen molar-refractivity contribution in [3.8, 4) is 0 Å². The topological polar surface area (TPSA) is 52.6 Å². The summed E-state index contributed by atoms with van der Waals surface area (Å²) in [5.74, 6) is -2.18. The van der Waals surface area contributed by atoms with Gasteiger partial charge in [-0.1, -0.05) is 25.1 Å². The zero-order valence-corrected chi connectivity index (χ0v) is 9.62. The number of hydrogen-bond donors (Lipinski definition) is 0. The van der Waals surface area contributed by atoms with E-state index < -0.39 is 23.4 Å². The van der Waals surface area contributed by atoms with Gasteiger partial charge in [-0.05, 0) is 19.4 Å². The molecule has 2 unspecified atom stereocenters. The van der Waals surface area contributed by atoms with Crippen LogP contribution < -0.4 is 0 Å². The van der Waals surface area contributed by atoms with Crippen LogP contribution in [0.2, 0.25) is 0 Å². The Kier molecular flexibility index (Phi) is 6.79. The molecule has 2 atom stereocenters. The second-order valence-corrected chi connectivity index (χ2v) is 3.17. The molecule has 0 heterocycles. The van der Waals surface area contributed by atoms with Gasteiger partial charge in [0.15, 0.2) is 11.5 Å². The van der Waals surface area contributed by atoms with Gasteiger partial charge in [-0.15, -0.1) is 0 Å². The van der Waals surface area contributed by atoms with Crippen LogP contribution in [0.3, 0.4) is 0 Å². The molecule has 0 saturated carbocycles. The van der Waals surface area contributed by atoms with Crippen molar-refractivity contribution in [1.82, 2.24) is 0 Å². The van der Waals surface area contributed by atoms with E-state index in [1.165, 1.54) is 6.08 Å². The van der Waals surface area contributed by atoms with Gasteiger partial charge < -0.3 is 9.47 Å². The minimum Gasteiger partial charge on any atom is -0.465 e. The van der Waals surface area contributed by atoms with Crippen LogP contribution >= 0.6 is 11.6 Å². The number of ether oxygens (including phenoxy) is 2. The standard InChI is InChI=1S/C10H15ClO4/c1-4-7(9(12)14-6-3)10(13)15-8(11)5-2/h5,7-8H,2,4,6H2,1,3H3. The quantitative estimate of drug-likeness (QED) is 0.305. The lowest BCUT2D eigenvalue weighted by Crippen LogP contribution is -2.28. The minimum atomic E-state index is -0.916. The average Bonchev–Trinajstić information content (AvgIpc) is 2.19. The lowest BCUT2D eigenvalue weighted by Gasteiger charge is -2.14. The number of esters is 2. The van der Waals surface area contributed by atoms with E-state index in [2.05, 4.69) is 6.58 Å². The first-order valence-electron chi connectivity index (χ1n) is 4.70. The third-order valence-corrected chi connectivity index (χ3v) is 1.95. The molecule has 0 bridgehead atoms. The molecule has 0 N–H and O–H groups in total. The van der Waals surface area contributed by atoms with Crippen molar-refractivity contribution in [3.05, 3.63) is 12.7 Å². The molecule has 86 valence electrons. The van der Waals surface area contributed by atoms with E-state index in [9.17, 15) is 9.59 Å². The molecule has 0 aromatic rings. The SMILES string of the molecule is C=CC(Cl)OC(=O)C(CC)C(=O)OCC. The van der Waals surface area contributed by atoms with Gasteiger partial charge in [0.2, 0.25) is 0 Å². The van der Waals surface area contributed by atoms with E-state index in [-0.39, 0.29) is 6.61 Å². The molecule has 0 aliphatic rings. The zero-order chi connectivity index (χ0) is 11.8. The molecule has 5 heteroatoms. The van der Waals surface area contributed by atoms with Crippen LogP contribution in [0, 0.1) is 5.92 Å². The maximum Gasteiger partial charge on any atom is 0.322 e. The molecule has 0 saturated heterocycles. The smallest absolute Gasteiger partial charge is 0.322 e. The van der Waals surface area contributed by atoms with Crippen LogP contribution in [0.25, 0.3) is 0 Å². The minimum absolute atomic E-state index is 0.231. The third kappa shape index (κ3) is 4.83. The maximum absolute atomic E-state index is 11.4. The van der Waals surface area contributed by atoms with E-state index >= 15 is 0 Å². The summed E-state index contributed by atoms with van der Waals surface area (Å²) < 4.78 is 9.45. The summed E-state index contributed by atoms with van der Waals surface area (Å²) in [6.07, 6.45) is 1.58. The van der Waals surface area contributed by atoms with Crippen LogP contribution in [0.4, 0.5) is 0 Å². The van der Waals surface area contributed by atoms with Gasteiger partial charge in [0.1, 0.15) is 0 Å². The predicted molar refractivity (Wildman–Crippen MR) is 56.3 cm³/mol. The van der Waals surface area contributed by atoms with Crippen LogP contribution in [-0.4, -0.2) is 24.1 Å². The monoisotopic (exact) mass is 234 g/mol. The van der Waals surface area contributed by atoms with Gasteiger partial charge in [0.05, 0.1) is 6.61 Å². The van der Waals surface area contributed by atoms with Gasteiger partial charge in [0, 0.05) is 0 Å². The molecule has 0 aromatic heterocycles. The summed E-state index contributed by atoms with van der Waals surface area (Å²) in [7, 11) is 0. The summed E-state index contributed by atoms with van der Waals surface area (Å²) in [6.45, 7) is 6.95. The van der Waals surface area contributed by atoms with Crippen molar-refractivity contribution in [2.45, 2.75) is 25.8 Å². The molecule has 0 aliphatic heterocycles. The van der Waals surface area contributed by atoms with Crippen LogP contribution in [0.5, 0.6) is 0 Å². The van der Waals surface area contributed by atoms with E-state index in [0.29, 0.717) is 6.42 Å². The Labute approximate surface area is 94.2 Å². The number of carbonyl (C=O) groups is 2. The van der Waals surface area contributed by atoms with Crippen molar-refractivity contribution in [3.63, 3.8) is 0 Å². The fraction of sp³-hybridized carbons (Fsp3) is 0.600. The molecule has 0 aromatic carbocycles. The summed E-state index contributed by atoms with van der Waals surface area (Å²) in [4.78, 5) is 22.7. The molecular formula is C10H15ClO4. The Morgan fingerprint density at radius 3 is 2.40 bits per heavy atom. The van der Waals surface area contributed by atoms with Crippen molar-refractivity contribution in [2.24, 2.45) is 5.92 Å². The van der Waals surface area contributed by atoms with E-state index in [1.54, 1.807) is 13.8 Å². The Morgan fingerprint density at radius 1 is 1.40 bits per heavy atom. The highest BCUT2D eigenvalue weighted by Crippen LogP contribution is 2.11. The second-order valence-electron chi connectivity index (χ2n) is 2.74. The molecule has 0 fully saturated rings. The maximum atomic E-state index is 11.4. The molecule has 0 amide bonds. The third-order valence-electron chi connectivity index (χ3n) is 1.68. The van der Waals surface area contributed by atoms with E-state index in [0.717, 1.165) is 0 Å². The first-order valence-corrected chi connectivity index (χ1v) is 5.14. The Hall–Kier alpha value is -1.03. The largest absolute Gasteiger partial charge is 0.465 e. The van der Waals surface area contributed by atoms with Crippen molar-refractivity contribution in [2.75, 3.05) is 6.61 Å². The van der Waals surface area contributed by atoms with Gasteiger partial charge in [-0.3, -0.25) is 9.59 Å². The highest BCUT2D eigenvalue weighted by molar-refractivity contribution is 6.21. The predicted octanol–water partition coefficient (Wildman–Crippen LogP) is 1.87. The molecular weight excluding hydrogens is 220 g/mol. The van der Waals surface area contributed by atoms with Gasteiger partial charge in [0.25, 0.3) is 0 Å². The summed E-state index contributed by atoms with van der Waals surface area (Å²) in [6, 6.07) is 0. The Morgan fingerprint density at radius 2 is 2.00 bits per heavy atom. The van der Waals surface area contributed by atoms with Crippen LogP contribution in [0.1, 0.15) is 20.3 Å². The second kappa shape index (κ2) is 7.29. The fourth-order valence-electron chi connectivity index (χ4n) is 0.914. The first-order chi connectivity index (χ1) is 7.06.